The predicted molar refractivity (Wildman–Crippen MR) is 47.1 cm³/mol. The van der Waals surface area contributed by atoms with Gasteiger partial charge in [-0.1, -0.05) is 44.2 Å². The summed E-state index contributed by atoms with van der Waals surface area (Å²) in [5.41, 5.74) is 0. The summed E-state index contributed by atoms with van der Waals surface area (Å²) in [6.07, 6.45) is 4.25. The minimum Gasteiger partial charge on any atom is -0.772 e. The minimum atomic E-state index is -1.83. The zero-order chi connectivity index (χ0) is 8.69. The molecule has 0 rings (SSSR count). The Hall–Kier alpha value is 0.110. The van der Waals surface area contributed by atoms with E-state index in [2.05, 4.69) is 13.8 Å². The van der Waals surface area contributed by atoms with Crippen LogP contribution < -0.4 is 0 Å². The summed E-state index contributed by atoms with van der Waals surface area (Å²) in [6, 6.07) is 0. The molecule has 0 amide bonds. The van der Waals surface area contributed by atoms with Gasteiger partial charge in [0.2, 0.25) is 0 Å². The fraction of sp³-hybridized carbons (Fsp3) is 1.00. The van der Waals surface area contributed by atoms with Crippen LogP contribution in [0, 0.1) is 5.92 Å². The van der Waals surface area contributed by atoms with Crippen molar-refractivity contribution in [3.8, 4) is 0 Å². The Balaban J connectivity index is 2.97. The van der Waals surface area contributed by atoms with Gasteiger partial charge in [0.25, 0.3) is 0 Å². The van der Waals surface area contributed by atoms with E-state index < -0.39 is 11.1 Å². The van der Waals surface area contributed by atoms with Crippen molar-refractivity contribution in [1.82, 2.24) is 0 Å². The van der Waals surface area contributed by atoms with E-state index in [9.17, 15) is 8.76 Å². The van der Waals surface area contributed by atoms with Gasteiger partial charge in [-0.2, -0.15) is 0 Å². The number of unbranched alkanes of at least 4 members (excludes halogenated alkanes) is 2. The van der Waals surface area contributed by atoms with Gasteiger partial charge in [0.15, 0.2) is 0 Å². The van der Waals surface area contributed by atoms with E-state index in [1.807, 2.05) is 0 Å². The van der Waals surface area contributed by atoms with Crippen LogP contribution in [0.15, 0.2) is 0 Å². The molecule has 0 radical (unpaired) electrons. The monoisotopic (exact) mass is 177 g/mol. The third-order valence-corrected chi connectivity index (χ3v) is 2.21. The van der Waals surface area contributed by atoms with E-state index >= 15 is 0 Å². The first-order valence-corrected chi connectivity index (χ1v) is 5.43. The third-order valence-electron chi connectivity index (χ3n) is 1.59. The molecule has 3 heteroatoms. The van der Waals surface area contributed by atoms with Crippen molar-refractivity contribution in [3.63, 3.8) is 0 Å². The Morgan fingerprint density at radius 3 is 2.36 bits per heavy atom. The van der Waals surface area contributed by atoms with Gasteiger partial charge in [-0.05, 0) is 12.3 Å². The van der Waals surface area contributed by atoms with Gasteiger partial charge in [0.1, 0.15) is 0 Å². The molecule has 0 bridgehead atoms. The molecule has 1 atom stereocenters. The molecular weight excluding hydrogens is 160 g/mol. The third kappa shape index (κ3) is 10.1. The van der Waals surface area contributed by atoms with Gasteiger partial charge in [0.05, 0.1) is 0 Å². The molecule has 68 valence electrons. The van der Waals surface area contributed by atoms with Gasteiger partial charge in [0, 0.05) is 5.75 Å². The maximum Gasteiger partial charge on any atom is 0.0102 e. The van der Waals surface area contributed by atoms with Crippen molar-refractivity contribution >= 4 is 11.1 Å². The normalized spacial score (nSPS) is 13.8. The van der Waals surface area contributed by atoms with E-state index in [4.69, 9.17) is 0 Å². The second-order valence-electron chi connectivity index (χ2n) is 3.25. The van der Waals surface area contributed by atoms with Gasteiger partial charge >= 0.3 is 0 Å². The summed E-state index contributed by atoms with van der Waals surface area (Å²) in [4.78, 5) is 0. The molecule has 0 fully saturated rings. The average molecular weight is 177 g/mol. The van der Waals surface area contributed by atoms with Gasteiger partial charge in [-0.15, -0.1) is 0 Å². The van der Waals surface area contributed by atoms with Crippen molar-refractivity contribution < 1.29 is 8.76 Å². The Labute approximate surface area is 71.7 Å². The van der Waals surface area contributed by atoms with E-state index in [0.29, 0.717) is 5.75 Å². The zero-order valence-corrected chi connectivity index (χ0v) is 8.15. The van der Waals surface area contributed by atoms with Crippen LogP contribution >= 0.6 is 0 Å². The lowest BCUT2D eigenvalue weighted by atomic mass is 10.1. The van der Waals surface area contributed by atoms with E-state index in [-0.39, 0.29) is 0 Å². The van der Waals surface area contributed by atoms with Crippen LogP contribution in [-0.4, -0.2) is 14.5 Å². The topological polar surface area (TPSA) is 40.1 Å². The molecule has 2 nitrogen and oxygen atoms in total. The van der Waals surface area contributed by atoms with Crippen molar-refractivity contribution in [1.29, 1.82) is 0 Å². The molecule has 0 saturated carbocycles. The second kappa shape index (κ2) is 6.80. The fourth-order valence-corrected chi connectivity index (χ4v) is 1.39. The van der Waals surface area contributed by atoms with E-state index in [0.717, 1.165) is 25.2 Å². The first-order chi connectivity index (χ1) is 5.13. The first-order valence-electron chi connectivity index (χ1n) is 4.18. The largest absolute Gasteiger partial charge is 0.772 e. The molecule has 0 aliphatic heterocycles. The van der Waals surface area contributed by atoms with E-state index in [1.54, 1.807) is 0 Å². The average Bonchev–Trinajstić information content (AvgIpc) is 1.85. The van der Waals surface area contributed by atoms with Crippen molar-refractivity contribution in [3.05, 3.63) is 0 Å². The predicted octanol–water partition coefficient (Wildman–Crippen LogP) is 2.08. The lowest BCUT2D eigenvalue weighted by Crippen LogP contribution is -1.95. The van der Waals surface area contributed by atoms with Crippen LogP contribution in [0.3, 0.4) is 0 Å². The Bertz CT molecular complexity index is 113. The fourth-order valence-electron chi connectivity index (χ4n) is 0.949. The van der Waals surface area contributed by atoms with Gasteiger partial charge in [-0.3, -0.25) is 4.21 Å². The molecule has 0 spiro atoms. The molecular formula is C8H17O2S-. The lowest BCUT2D eigenvalue weighted by molar-refractivity contribution is 0.519. The number of hydrogen-bond donors (Lipinski definition) is 0. The van der Waals surface area contributed by atoms with Crippen LogP contribution in [0.25, 0.3) is 0 Å². The highest BCUT2D eigenvalue weighted by Gasteiger charge is 1.93. The Morgan fingerprint density at radius 2 is 1.91 bits per heavy atom. The minimum absolute atomic E-state index is 0.331. The summed E-state index contributed by atoms with van der Waals surface area (Å²) in [5.74, 6) is 1.07. The molecule has 0 aromatic rings. The summed E-state index contributed by atoms with van der Waals surface area (Å²) in [5, 5.41) is 0. The molecule has 0 aliphatic carbocycles. The maximum absolute atomic E-state index is 10.1. The summed E-state index contributed by atoms with van der Waals surface area (Å²) >= 11 is -1.83. The number of hydrogen-bond acceptors (Lipinski definition) is 2. The molecule has 1 unspecified atom stereocenters. The van der Waals surface area contributed by atoms with Crippen LogP contribution in [0.2, 0.25) is 0 Å². The smallest absolute Gasteiger partial charge is 0.0102 e. The SMILES string of the molecule is CC(C)CCCCCS(=O)[O-]. The van der Waals surface area contributed by atoms with Crippen LogP contribution in [0.1, 0.15) is 39.5 Å². The van der Waals surface area contributed by atoms with Crippen molar-refractivity contribution in [2.24, 2.45) is 5.92 Å². The van der Waals surface area contributed by atoms with Gasteiger partial charge in [-0.25, -0.2) is 0 Å². The quantitative estimate of drug-likeness (QED) is 0.460. The van der Waals surface area contributed by atoms with Gasteiger partial charge < -0.3 is 4.55 Å². The first kappa shape index (κ1) is 11.1. The maximum atomic E-state index is 10.1. The molecule has 0 aromatic heterocycles. The molecule has 0 aliphatic rings. The Morgan fingerprint density at radius 1 is 1.27 bits per heavy atom. The highest BCUT2D eigenvalue weighted by Crippen LogP contribution is 2.07. The standard InChI is InChI=1S/C8H18O2S/c1-8(2)6-4-3-5-7-11(9)10/h8H,3-7H2,1-2H3,(H,9,10)/p-1. The summed E-state index contributed by atoms with van der Waals surface area (Å²) < 4.78 is 20.2. The summed E-state index contributed by atoms with van der Waals surface area (Å²) in [6.45, 7) is 4.37. The molecule has 0 aromatic carbocycles. The highest BCUT2D eigenvalue weighted by molar-refractivity contribution is 7.79. The zero-order valence-electron chi connectivity index (χ0n) is 7.34. The number of rotatable bonds is 6. The molecule has 0 N–H and O–H groups in total. The van der Waals surface area contributed by atoms with Crippen LogP contribution in [0.5, 0.6) is 0 Å². The molecule has 0 saturated heterocycles. The van der Waals surface area contributed by atoms with Crippen LogP contribution in [-0.2, 0) is 11.1 Å². The molecule has 0 heterocycles. The second-order valence-corrected chi connectivity index (χ2v) is 4.27. The lowest BCUT2D eigenvalue weighted by Gasteiger charge is -2.05. The van der Waals surface area contributed by atoms with E-state index in [1.165, 1.54) is 6.42 Å². The molecule has 11 heavy (non-hydrogen) atoms. The Kier molecular flexibility index (Phi) is 6.87. The van der Waals surface area contributed by atoms with Crippen molar-refractivity contribution in [2.75, 3.05) is 5.75 Å². The van der Waals surface area contributed by atoms with Crippen molar-refractivity contribution in [2.45, 2.75) is 39.5 Å². The van der Waals surface area contributed by atoms with Crippen LogP contribution in [0.4, 0.5) is 0 Å². The highest BCUT2D eigenvalue weighted by atomic mass is 32.2. The summed E-state index contributed by atoms with van der Waals surface area (Å²) in [7, 11) is 0.